The second-order valence-corrected chi connectivity index (χ2v) is 4.25. The van der Waals surface area contributed by atoms with E-state index in [0.29, 0.717) is 0 Å². The van der Waals surface area contributed by atoms with Gasteiger partial charge in [0.2, 0.25) is 5.96 Å². The van der Waals surface area contributed by atoms with Crippen molar-refractivity contribution in [2.45, 2.75) is 4.90 Å². The Kier molecular flexibility index (Phi) is 2.80. The number of sulfonamides is 1. The molecule has 0 aliphatic heterocycles. The van der Waals surface area contributed by atoms with E-state index >= 15 is 0 Å². The minimum Gasteiger partial charge on any atom is -0.399 e. The predicted molar refractivity (Wildman–Crippen MR) is 53.8 cm³/mol. The molecule has 0 aliphatic rings. The maximum Gasteiger partial charge on any atom is 0.288 e. The van der Waals surface area contributed by atoms with Crippen LogP contribution in [0.25, 0.3) is 0 Å². The lowest BCUT2D eigenvalue weighted by Gasteiger charge is -2.01. The normalized spacial score (nSPS) is 11.0. The van der Waals surface area contributed by atoms with Crippen LogP contribution in [0, 0.1) is 5.82 Å². The number of nitrogens with zero attached hydrogens (tertiary/aromatic N) is 1. The second-order valence-electron chi connectivity index (χ2n) is 2.68. The highest BCUT2D eigenvalue weighted by molar-refractivity contribution is 7.90. The number of hydrogen-bond donors (Lipinski definition) is 3. The Balaban J connectivity index is 3.35. The van der Waals surface area contributed by atoms with Crippen molar-refractivity contribution in [2.24, 2.45) is 15.9 Å². The van der Waals surface area contributed by atoms with E-state index in [-0.39, 0.29) is 5.69 Å². The molecule has 0 radical (unpaired) electrons. The van der Waals surface area contributed by atoms with Gasteiger partial charge in [-0.1, -0.05) is 0 Å². The first-order valence-corrected chi connectivity index (χ1v) is 5.18. The molecule has 0 amide bonds. The van der Waals surface area contributed by atoms with Crippen LogP contribution in [0.15, 0.2) is 27.5 Å². The zero-order chi connectivity index (χ0) is 11.6. The van der Waals surface area contributed by atoms with Crippen LogP contribution in [0.3, 0.4) is 0 Å². The summed E-state index contributed by atoms with van der Waals surface area (Å²) in [5.74, 6) is -1.66. The van der Waals surface area contributed by atoms with Gasteiger partial charge in [-0.15, -0.1) is 4.40 Å². The van der Waals surface area contributed by atoms with Crippen LogP contribution in [-0.4, -0.2) is 14.4 Å². The monoisotopic (exact) mass is 232 g/mol. The molecule has 0 atom stereocenters. The molecule has 0 saturated carbocycles. The van der Waals surface area contributed by atoms with Crippen LogP contribution in [0.2, 0.25) is 0 Å². The van der Waals surface area contributed by atoms with E-state index in [1.165, 1.54) is 6.07 Å². The van der Waals surface area contributed by atoms with Crippen LogP contribution in [-0.2, 0) is 10.0 Å². The van der Waals surface area contributed by atoms with E-state index in [2.05, 4.69) is 4.40 Å². The van der Waals surface area contributed by atoms with Gasteiger partial charge in [-0.25, -0.2) is 4.39 Å². The molecule has 1 aromatic carbocycles. The van der Waals surface area contributed by atoms with Crippen molar-refractivity contribution in [1.82, 2.24) is 0 Å². The molecule has 0 spiro atoms. The van der Waals surface area contributed by atoms with E-state index < -0.39 is 26.7 Å². The molecule has 0 saturated heterocycles. The third-order valence-electron chi connectivity index (χ3n) is 1.46. The Morgan fingerprint density at radius 2 is 1.93 bits per heavy atom. The van der Waals surface area contributed by atoms with Crippen LogP contribution in [0.4, 0.5) is 10.1 Å². The lowest BCUT2D eigenvalue weighted by atomic mass is 10.3. The average molecular weight is 232 g/mol. The van der Waals surface area contributed by atoms with Gasteiger partial charge in [0.15, 0.2) is 0 Å². The van der Waals surface area contributed by atoms with Crippen LogP contribution < -0.4 is 17.2 Å². The lowest BCUT2D eigenvalue weighted by Crippen LogP contribution is -2.24. The molecular weight excluding hydrogens is 223 g/mol. The molecule has 0 bridgehead atoms. The van der Waals surface area contributed by atoms with Crippen LogP contribution >= 0.6 is 0 Å². The largest absolute Gasteiger partial charge is 0.399 e. The van der Waals surface area contributed by atoms with E-state index in [4.69, 9.17) is 17.2 Å². The van der Waals surface area contributed by atoms with Crippen molar-refractivity contribution in [3.63, 3.8) is 0 Å². The Hall–Kier alpha value is -1.83. The average Bonchev–Trinajstić information content (AvgIpc) is 1.99. The summed E-state index contributed by atoms with van der Waals surface area (Å²) < 4.78 is 38.8. The molecule has 0 fully saturated rings. The maximum absolute atomic E-state index is 13.2. The van der Waals surface area contributed by atoms with E-state index in [1.54, 1.807) is 0 Å². The maximum atomic E-state index is 13.2. The number of rotatable bonds is 2. The Morgan fingerprint density at radius 1 is 1.33 bits per heavy atom. The molecule has 82 valence electrons. The number of nitrogens with two attached hydrogens (primary N) is 3. The van der Waals surface area contributed by atoms with Gasteiger partial charge in [0.1, 0.15) is 10.7 Å². The van der Waals surface area contributed by atoms with Gasteiger partial charge in [0.25, 0.3) is 10.0 Å². The smallest absolute Gasteiger partial charge is 0.288 e. The molecule has 0 unspecified atom stereocenters. The van der Waals surface area contributed by atoms with E-state index in [0.717, 1.165) is 12.1 Å². The molecule has 0 aliphatic carbocycles. The van der Waals surface area contributed by atoms with Crippen molar-refractivity contribution >= 4 is 21.7 Å². The number of nitrogen functional groups attached to an aromatic ring is 1. The van der Waals surface area contributed by atoms with E-state index in [9.17, 15) is 12.8 Å². The number of halogens is 1. The van der Waals surface area contributed by atoms with Gasteiger partial charge in [0.05, 0.1) is 0 Å². The standard InChI is InChI=1S/C7H9FN4O2S/c8-5-3-4(9)1-2-6(5)15(13,14)12-7(10)11/h1-3H,9H2,(H4,10,11,12). The molecule has 1 rings (SSSR count). The Bertz CT molecular complexity index is 508. The molecular formula is C7H9FN4O2S. The predicted octanol–water partition coefficient (Wildman–Crippen LogP) is -0.630. The summed E-state index contributed by atoms with van der Waals surface area (Å²) in [6, 6.07) is 3.10. The minimum absolute atomic E-state index is 0.108. The molecule has 6 N–H and O–H groups in total. The van der Waals surface area contributed by atoms with Crippen molar-refractivity contribution in [2.75, 3.05) is 5.73 Å². The van der Waals surface area contributed by atoms with Crippen molar-refractivity contribution in [3.05, 3.63) is 24.0 Å². The number of anilines is 1. The van der Waals surface area contributed by atoms with Gasteiger partial charge < -0.3 is 17.2 Å². The van der Waals surface area contributed by atoms with Gasteiger partial charge >= 0.3 is 0 Å². The summed E-state index contributed by atoms with van der Waals surface area (Å²) in [6.45, 7) is 0. The van der Waals surface area contributed by atoms with Crippen LogP contribution in [0.5, 0.6) is 0 Å². The zero-order valence-corrected chi connectivity index (χ0v) is 8.33. The summed E-state index contributed by atoms with van der Waals surface area (Å²) in [5.41, 5.74) is 15.2. The molecule has 0 aromatic heterocycles. The lowest BCUT2D eigenvalue weighted by molar-refractivity contribution is 0.568. The highest BCUT2D eigenvalue weighted by atomic mass is 32.2. The Morgan fingerprint density at radius 3 is 2.40 bits per heavy atom. The molecule has 8 heteroatoms. The van der Waals surface area contributed by atoms with Crippen molar-refractivity contribution in [1.29, 1.82) is 0 Å². The topological polar surface area (TPSA) is 125 Å². The fourth-order valence-corrected chi connectivity index (χ4v) is 1.84. The number of benzene rings is 1. The summed E-state index contributed by atoms with van der Waals surface area (Å²) in [5, 5.41) is 0. The fraction of sp³-hybridized carbons (Fsp3) is 0. The van der Waals surface area contributed by atoms with Gasteiger partial charge in [-0.05, 0) is 18.2 Å². The third-order valence-corrected chi connectivity index (χ3v) is 2.80. The van der Waals surface area contributed by atoms with Crippen molar-refractivity contribution in [3.8, 4) is 0 Å². The highest BCUT2D eigenvalue weighted by Gasteiger charge is 2.18. The Labute approximate surface area is 85.6 Å². The first-order chi connectivity index (χ1) is 6.83. The summed E-state index contributed by atoms with van der Waals surface area (Å²) in [6.07, 6.45) is 0. The number of guanidine groups is 1. The highest BCUT2D eigenvalue weighted by Crippen LogP contribution is 2.18. The summed E-state index contributed by atoms with van der Waals surface area (Å²) in [7, 11) is -4.20. The van der Waals surface area contributed by atoms with Gasteiger partial charge in [0, 0.05) is 5.69 Å². The quantitative estimate of drug-likeness (QED) is 0.355. The zero-order valence-electron chi connectivity index (χ0n) is 7.51. The molecule has 6 nitrogen and oxygen atoms in total. The SMILES string of the molecule is NC(N)=NS(=O)(=O)c1ccc(N)cc1F. The summed E-state index contributed by atoms with van der Waals surface area (Å²) >= 11 is 0. The molecule has 15 heavy (non-hydrogen) atoms. The fourth-order valence-electron chi connectivity index (χ4n) is 0.914. The number of hydrogen-bond acceptors (Lipinski definition) is 3. The second kappa shape index (κ2) is 3.73. The minimum atomic E-state index is -4.20. The van der Waals surface area contributed by atoms with Gasteiger partial charge in [-0.2, -0.15) is 8.42 Å². The first-order valence-electron chi connectivity index (χ1n) is 3.74. The first kappa shape index (κ1) is 11.2. The molecule has 1 aromatic rings. The molecule has 0 heterocycles. The summed E-state index contributed by atoms with van der Waals surface area (Å²) in [4.78, 5) is -0.620. The van der Waals surface area contributed by atoms with Crippen molar-refractivity contribution < 1.29 is 12.8 Å². The van der Waals surface area contributed by atoms with E-state index in [1.807, 2.05) is 0 Å². The third kappa shape index (κ3) is 2.56. The van der Waals surface area contributed by atoms with Crippen LogP contribution in [0.1, 0.15) is 0 Å². The van der Waals surface area contributed by atoms with Gasteiger partial charge in [-0.3, -0.25) is 0 Å².